The summed E-state index contributed by atoms with van der Waals surface area (Å²) in [6.07, 6.45) is 1.79. The van der Waals surface area contributed by atoms with E-state index in [-0.39, 0.29) is 23.5 Å². The number of carbonyl (C=O) groups is 5. The number of fused-ring (bicyclic) bond motifs is 2. The summed E-state index contributed by atoms with van der Waals surface area (Å²) in [5.41, 5.74) is 3.10. The van der Waals surface area contributed by atoms with Crippen molar-refractivity contribution in [3.63, 3.8) is 0 Å². The molecule has 2 aromatic heterocycles. The van der Waals surface area contributed by atoms with Crippen molar-refractivity contribution in [2.24, 2.45) is 7.05 Å². The molecule has 1 aromatic carbocycles. The lowest BCUT2D eigenvalue weighted by Gasteiger charge is -2.18. The SMILES string of the molecule is Cc1nn(C)c2nc(C3CC3)cc(C(=O)Nc3ccc4c(c3)C(=O)N(C3CC(=O)NC3=O)C4=O)c12. The van der Waals surface area contributed by atoms with E-state index in [1.165, 1.54) is 18.2 Å². The molecule has 4 heterocycles. The summed E-state index contributed by atoms with van der Waals surface area (Å²) >= 11 is 0. The third kappa shape index (κ3) is 3.22. The number of hydrogen-bond acceptors (Lipinski definition) is 7. The monoisotopic (exact) mass is 472 g/mol. The first kappa shape index (κ1) is 21.1. The van der Waals surface area contributed by atoms with Gasteiger partial charge in [0.1, 0.15) is 6.04 Å². The van der Waals surface area contributed by atoms with E-state index < -0.39 is 29.7 Å². The van der Waals surface area contributed by atoms with Crippen molar-refractivity contribution in [1.82, 2.24) is 25.0 Å². The molecule has 3 aromatic rings. The summed E-state index contributed by atoms with van der Waals surface area (Å²) in [4.78, 5) is 68.3. The summed E-state index contributed by atoms with van der Waals surface area (Å²) in [7, 11) is 1.79. The van der Waals surface area contributed by atoms with Crippen LogP contribution < -0.4 is 10.6 Å². The van der Waals surface area contributed by atoms with Crippen LogP contribution >= 0.6 is 0 Å². The van der Waals surface area contributed by atoms with E-state index in [1.54, 1.807) is 17.8 Å². The molecule has 176 valence electrons. The van der Waals surface area contributed by atoms with Crippen LogP contribution in [0.1, 0.15) is 67.6 Å². The number of nitrogens with one attached hydrogen (secondary N) is 2. The lowest BCUT2D eigenvalue weighted by Crippen LogP contribution is -2.44. The second-order valence-electron chi connectivity index (χ2n) is 9.10. The van der Waals surface area contributed by atoms with Gasteiger partial charge in [-0.1, -0.05) is 0 Å². The van der Waals surface area contributed by atoms with Crippen molar-refractivity contribution in [3.05, 3.63) is 52.3 Å². The second-order valence-corrected chi connectivity index (χ2v) is 9.10. The van der Waals surface area contributed by atoms with Crippen LogP contribution in [0.25, 0.3) is 11.0 Å². The number of carbonyl (C=O) groups excluding carboxylic acids is 5. The van der Waals surface area contributed by atoms with Gasteiger partial charge >= 0.3 is 0 Å². The van der Waals surface area contributed by atoms with Gasteiger partial charge in [-0.2, -0.15) is 5.10 Å². The van der Waals surface area contributed by atoms with Crippen LogP contribution in [0, 0.1) is 6.92 Å². The Kier molecular flexibility index (Phi) is 4.41. The molecule has 11 heteroatoms. The lowest BCUT2D eigenvalue weighted by atomic mass is 10.1. The van der Waals surface area contributed by atoms with Gasteiger partial charge in [-0.15, -0.1) is 0 Å². The molecule has 1 saturated carbocycles. The number of hydrogen-bond donors (Lipinski definition) is 2. The van der Waals surface area contributed by atoms with E-state index in [4.69, 9.17) is 4.98 Å². The second kappa shape index (κ2) is 7.29. The van der Waals surface area contributed by atoms with Gasteiger partial charge in [-0.25, -0.2) is 4.98 Å². The molecule has 35 heavy (non-hydrogen) atoms. The number of benzene rings is 1. The van der Waals surface area contributed by atoms with Crippen LogP contribution in [0.4, 0.5) is 5.69 Å². The minimum atomic E-state index is -1.17. The molecular weight excluding hydrogens is 452 g/mol. The van der Waals surface area contributed by atoms with Gasteiger partial charge in [0.25, 0.3) is 17.7 Å². The number of anilines is 1. The molecule has 11 nitrogen and oxygen atoms in total. The Morgan fingerprint density at radius 3 is 2.51 bits per heavy atom. The number of pyridine rings is 1. The van der Waals surface area contributed by atoms with Crippen molar-refractivity contribution >= 4 is 46.3 Å². The first-order valence-electron chi connectivity index (χ1n) is 11.2. The summed E-state index contributed by atoms with van der Waals surface area (Å²) in [6.45, 7) is 1.82. The molecule has 0 spiro atoms. The minimum Gasteiger partial charge on any atom is -0.322 e. The first-order chi connectivity index (χ1) is 16.7. The Labute approximate surface area is 198 Å². The van der Waals surface area contributed by atoms with Crippen LogP contribution in [-0.2, 0) is 16.6 Å². The van der Waals surface area contributed by atoms with E-state index in [2.05, 4.69) is 15.7 Å². The fourth-order valence-corrected chi connectivity index (χ4v) is 4.80. The molecule has 0 bridgehead atoms. The molecule has 2 fully saturated rings. The van der Waals surface area contributed by atoms with Crippen molar-refractivity contribution in [2.75, 3.05) is 5.32 Å². The van der Waals surface area contributed by atoms with E-state index in [0.717, 1.165) is 23.4 Å². The van der Waals surface area contributed by atoms with Gasteiger partial charge in [0.05, 0.1) is 34.2 Å². The molecular formula is C24H20N6O5. The zero-order valence-electron chi connectivity index (χ0n) is 18.9. The van der Waals surface area contributed by atoms with Crippen LogP contribution in [0.15, 0.2) is 24.3 Å². The predicted molar refractivity (Wildman–Crippen MR) is 122 cm³/mol. The predicted octanol–water partition coefficient (Wildman–Crippen LogP) is 1.42. The summed E-state index contributed by atoms with van der Waals surface area (Å²) < 4.78 is 1.66. The standard InChI is InChI=1S/C24H20N6O5/c1-10-19-15(8-16(11-3-4-11)26-20(19)29(2)28-10)21(32)25-12-5-6-13-14(7-12)24(35)30(23(13)34)17-9-18(31)27-22(17)33/h5-8,11,17H,3-4,9H2,1-2H3,(H,25,32)(H,27,31,33). The number of imide groups is 2. The molecule has 1 unspecified atom stereocenters. The number of aryl methyl sites for hydroxylation is 2. The molecule has 2 aliphatic heterocycles. The molecule has 1 atom stereocenters. The molecule has 3 aliphatic rings. The maximum absolute atomic E-state index is 13.4. The van der Waals surface area contributed by atoms with E-state index >= 15 is 0 Å². The lowest BCUT2D eigenvalue weighted by molar-refractivity contribution is -0.125. The van der Waals surface area contributed by atoms with Crippen molar-refractivity contribution < 1.29 is 24.0 Å². The average molecular weight is 472 g/mol. The largest absolute Gasteiger partial charge is 0.322 e. The average Bonchev–Trinajstić information content (AvgIpc) is 3.51. The van der Waals surface area contributed by atoms with Gasteiger partial charge in [0, 0.05) is 24.3 Å². The van der Waals surface area contributed by atoms with Crippen LogP contribution in [0.5, 0.6) is 0 Å². The molecule has 5 amide bonds. The number of amides is 5. The Hall–Kier alpha value is -4.41. The quantitative estimate of drug-likeness (QED) is 0.547. The fraction of sp³-hybridized carbons (Fsp3) is 0.292. The molecule has 1 aliphatic carbocycles. The third-order valence-corrected chi connectivity index (χ3v) is 6.66. The summed E-state index contributed by atoms with van der Waals surface area (Å²) in [5.74, 6) is -2.60. The van der Waals surface area contributed by atoms with Crippen LogP contribution in [0.3, 0.4) is 0 Å². The van der Waals surface area contributed by atoms with Crippen molar-refractivity contribution in [2.45, 2.75) is 38.1 Å². The van der Waals surface area contributed by atoms with Gasteiger partial charge in [-0.05, 0) is 44.0 Å². The van der Waals surface area contributed by atoms with Crippen LogP contribution in [-0.4, -0.2) is 55.2 Å². The number of rotatable bonds is 4. The Balaban J connectivity index is 1.33. The Bertz CT molecular complexity index is 1520. The van der Waals surface area contributed by atoms with Crippen LogP contribution in [0.2, 0.25) is 0 Å². The third-order valence-electron chi connectivity index (χ3n) is 6.66. The van der Waals surface area contributed by atoms with E-state index in [1.807, 2.05) is 6.92 Å². The Morgan fingerprint density at radius 1 is 1.09 bits per heavy atom. The van der Waals surface area contributed by atoms with E-state index in [0.29, 0.717) is 33.9 Å². The Morgan fingerprint density at radius 2 is 1.83 bits per heavy atom. The molecule has 1 saturated heterocycles. The highest BCUT2D eigenvalue weighted by atomic mass is 16.2. The van der Waals surface area contributed by atoms with Gasteiger partial charge < -0.3 is 5.32 Å². The summed E-state index contributed by atoms with van der Waals surface area (Å²) in [5, 5.41) is 10.0. The highest BCUT2D eigenvalue weighted by molar-refractivity contribution is 6.25. The highest BCUT2D eigenvalue weighted by Gasteiger charge is 2.46. The maximum Gasteiger partial charge on any atom is 0.262 e. The molecule has 6 rings (SSSR count). The topological polar surface area (TPSA) is 143 Å². The zero-order valence-corrected chi connectivity index (χ0v) is 18.9. The van der Waals surface area contributed by atoms with Crippen molar-refractivity contribution in [1.29, 1.82) is 0 Å². The maximum atomic E-state index is 13.4. The highest BCUT2D eigenvalue weighted by Crippen LogP contribution is 2.40. The first-order valence-corrected chi connectivity index (χ1v) is 11.2. The fourth-order valence-electron chi connectivity index (χ4n) is 4.80. The van der Waals surface area contributed by atoms with E-state index in [9.17, 15) is 24.0 Å². The smallest absolute Gasteiger partial charge is 0.262 e. The number of nitrogens with zero attached hydrogens (tertiary/aromatic N) is 4. The van der Waals surface area contributed by atoms with Gasteiger partial charge in [0.2, 0.25) is 11.8 Å². The van der Waals surface area contributed by atoms with Gasteiger partial charge in [-0.3, -0.25) is 38.9 Å². The number of aromatic nitrogens is 3. The summed E-state index contributed by atoms with van der Waals surface area (Å²) in [6, 6.07) is 5.00. The zero-order chi connectivity index (χ0) is 24.6. The molecule has 2 N–H and O–H groups in total. The minimum absolute atomic E-state index is 0.0658. The van der Waals surface area contributed by atoms with Crippen molar-refractivity contribution in [3.8, 4) is 0 Å². The molecule has 0 radical (unpaired) electrons. The van der Waals surface area contributed by atoms with Gasteiger partial charge in [0.15, 0.2) is 5.65 Å². The normalized spacial score (nSPS) is 19.5.